The van der Waals surface area contributed by atoms with Crippen LogP contribution in [0.25, 0.3) is 0 Å². The molecule has 1 atom stereocenters. The molecule has 0 amide bonds. The third kappa shape index (κ3) is 3.13. The first kappa shape index (κ1) is 12.2. The first-order chi connectivity index (χ1) is 8.19. The molecule has 1 fully saturated rings. The summed E-state index contributed by atoms with van der Waals surface area (Å²) in [6.45, 7) is 7.83. The van der Waals surface area contributed by atoms with Crippen molar-refractivity contribution in [2.45, 2.75) is 32.7 Å². The molecule has 0 aliphatic carbocycles. The summed E-state index contributed by atoms with van der Waals surface area (Å²) in [6, 6.07) is 6.71. The van der Waals surface area contributed by atoms with Gasteiger partial charge in [-0.15, -0.1) is 0 Å². The van der Waals surface area contributed by atoms with E-state index in [9.17, 15) is 0 Å². The summed E-state index contributed by atoms with van der Waals surface area (Å²) < 4.78 is 0. The maximum atomic E-state index is 6.00. The van der Waals surface area contributed by atoms with Gasteiger partial charge in [0.15, 0.2) is 0 Å². The van der Waals surface area contributed by atoms with Crippen molar-refractivity contribution in [2.24, 2.45) is 0 Å². The smallest absolute Gasteiger partial charge is 0.0579 e. The number of nitrogens with one attached hydrogen (secondary N) is 1. The monoisotopic (exact) mass is 233 g/mol. The van der Waals surface area contributed by atoms with Crippen molar-refractivity contribution >= 4 is 11.4 Å². The quantitative estimate of drug-likeness (QED) is 0.788. The van der Waals surface area contributed by atoms with Gasteiger partial charge in [0.2, 0.25) is 0 Å². The fourth-order valence-electron chi connectivity index (χ4n) is 2.48. The Morgan fingerprint density at radius 3 is 3.06 bits per heavy atom. The molecular formula is C14H23N3. The molecule has 1 aromatic rings. The van der Waals surface area contributed by atoms with E-state index in [-0.39, 0.29) is 0 Å². The van der Waals surface area contributed by atoms with Gasteiger partial charge in [0, 0.05) is 12.6 Å². The van der Waals surface area contributed by atoms with Crippen LogP contribution in [-0.4, -0.2) is 30.6 Å². The number of likely N-dealkylation sites (tertiary alicyclic amines) is 1. The zero-order chi connectivity index (χ0) is 12.3. The van der Waals surface area contributed by atoms with E-state index in [1.54, 1.807) is 0 Å². The van der Waals surface area contributed by atoms with Gasteiger partial charge in [-0.1, -0.05) is 13.0 Å². The first-order valence-corrected chi connectivity index (χ1v) is 6.54. The van der Waals surface area contributed by atoms with Crippen molar-refractivity contribution < 1.29 is 0 Å². The number of piperidine rings is 1. The summed E-state index contributed by atoms with van der Waals surface area (Å²) >= 11 is 0. The van der Waals surface area contributed by atoms with E-state index >= 15 is 0 Å². The third-order valence-electron chi connectivity index (χ3n) is 3.52. The lowest BCUT2D eigenvalue weighted by atomic mass is 10.0. The minimum Gasteiger partial charge on any atom is -0.397 e. The molecule has 94 valence electrons. The van der Waals surface area contributed by atoms with Gasteiger partial charge in [-0.25, -0.2) is 0 Å². The van der Waals surface area contributed by atoms with E-state index in [1.807, 2.05) is 6.07 Å². The van der Waals surface area contributed by atoms with Crippen LogP contribution in [0.15, 0.2) is 18.2 Å². The highest BCUT2D eigenvalue weighted by Gasteiger charge is 2.18. The van der Waals surface area contributed by atoms with Gasteiger partial charge in [0.1, 0.15) is 0 Å². The van der Waals surface area contributed by atoms with Crippen LogP contribution in [-0.2, 0) is 0 Å². The zero-order valence-corrected chi connectivity index (χ0v) is 10.9. The van der Waals surface area contributed by atoms with Crippen LogP contribution in [0.3, 0.4) is 0 Å². The van der Waals surface area contributed by atoms with Gasteiger partial charge in [-0.05, 0) is 50.6 Å². The Balaban J connectivity index is 2.02. The van der Waals surface area contributed by atoms with Crippen LogP contribution in [0, 0.1) is 6.92 Å². The second-order valence-corrected chi connectivity index (χ2v) is 4.97. The summed E-state index contributed by atoms with van der Waals surface area (Å²) in [6.07, 6.45) is 2.51. The maximum absolute atomic E-state index is 6.00. The van der Waals surface area contributed by atoms with Crippen LogP contribution in [0.5, 0.6) is 0 Å². The van der Waals surface area contributed by atoms with E-state index in [2.05, 4.69) is 36.2 Å². The van der Waals surface area contributed by atoms with Crippen molar-refractivity contribution in [1.29, 1.82) is 0 Å². The molecule has 0 aromatic heterocycles. The molecule has 3 heteroatoms. The molecule has 1 heterocycles. The van der Waals surface area contributed by atoms with Gasteiger partial charge >= 0.3 is 0 Å². The first-order valence-electron chi connectivity index (χ1n) is 6.54. The molecule has 17 heavy (non-hydrogen) atoms. The summed E-state index contributed by atoms with van der Waals surface area (Å²) in [5, 5.41) is 3.59. The van der Waals surface area contributed by atoms with E-state index in [1.165, 1.54) is 24.9 Å². The topological polar surface area (TPSA) is 41.3 Å². The van der Waals surface area contributed by atoms with Gasteiger partial charge in [-0.2, -0.15) is 0 Å². The molecular weight excluding hydrogens is 210 g/mol. The summed E-state index contributed by atoms with van der Waals surface area (Å²) in [5.41, 5.74) is 9.19. The highest BCUT2D eigenvalue weighted by atomic mass is 15.2. The second kappa shape index (κ2) is 5.41. The Morgan fingerprint density at radius 1 is 1.47 bits per heavy atom. The number of nitrogens with zero attached hydrogens (tertiary/aromatic N) is 1. The van der Waals surface area contributed by atoms with Gasteiger partial charge in [0.05, 0.1) is 11.4 Å². The molecule has 0 spiro atoms. The van der Waals surface area contributed by atoms with Crippen LogP contribution in [0.4, 0.5) is 11.4 Å². The number of benzene rings is 1. The van der Waals surface area contributed by atoms with Gasteiger partial charge in [0.25, 0.3) is 0 Å². The molecule has 3 N–H and O–H groups in total. The van der Waals surface area contributed by atoms with Crippen molar-refractivity contribution in [2.75, 3.05) is 30.7 Å². The number of rotatable bonds is 3. The lowest BCUT2D eigenvalue weighted by molar-refractivity contribution is 0.227. The molecule has 2 rings (SSSR count). The van der Waals surface area contributed by atoms with Crippen LogP contribution in [0.2, 0.25) is 0 Å². The number of hydrogen-bond acceptors (Lipinski definition) is 3. The molecule has 0 bridgehead atoms. The number of hydrogen-bond donors (Lipinski definition) is 2. The van der Waals surface area contributed by atoms with E-state index in [4.69, 9.17) is 5.73 Å². The highest BCUT2D eigenvalue weighted by Crippen LogP contribution is 2.23. The summed E-state index contributed by atoms with van der Waals surface area (Å²) in [5.74, 6) is 0. The van der Waals surface area contributed by atoms with Crippen LogP contribution < -0.4 is 11.1 Å². The molecule has 3 nitrogen and oxygen atoms in total. The van der Waals surface area contributed by atoms with Crippen molar-refractivity contribution in [3.8, 4) is 0 Å². The number of aryl methyl sites for hydroxylation is 1. The Bertz CT molecular complexity index is 376. The lowest BCUT2D eigenvalue weighted by Gasteiger charge is -2.33. The van der Waals surface area contributed by atoms with Crippen molar-refractivity contribution in [1.82, 2.24) is 4.90 Å². The second-order valence-electron chi connectivity index (χ2n) is 4.97. The number of nitrogen functional groups attached to an aromatic ring is 1. The third-order valence-corrected chi connectivity index (χ3v) is 3.52. The molecule has 1 aliphatic rings. The SMILES string of the molecule is CCN1CCCC(Nc2cc(C)ccc2N)C1. The van der Waals surface area contributed by atoms with Gasteiger partial charge in [-0.3, -0.25) is 0 Å². The molecule has 1 unspecified atom stereocenters. The Kier molecular flexibility index (Phi) is 3.89. The molecule has 0 saturated carbocycles. The lowest BCUT2D eigenvalue weighted by Crippen LogP contribution is -2.41. The average molecular weight is 233 g/mol. The number of anilines is 2. The maximum Gasteiger partial charge on any atom is 0.0579 e. The van der Waals surface area contributed by atoms with Crippen molar-refractivity contribution in [3.05, 3.63) is 23.8 Å². The Morgan fingerprint density at radius 2 is 2.29 bits per heavy atom. The van der Waals surface area contributed by atoms with Crippen LogP contribution in [0.1, 0.15) is 25.3 Å². The standard InChI is InChI=1S/C14H23N3/c1-3-17-8-4-5-12(10-17)16-14-9-11(2)6-7-13(14)15/h6-7,9,12,16H,3-5,8,10,15H2,1-2H3. The summed E-state index contributed by atoms with van der Waals surface area (Å²) in [4.78, 5) is 2.49. The molecule has 1 aromatic carbocycles. The summed E-state index contributed by atoms with van der Waals surface area (Å²) in [7, 11) is 0. The van der Waals surface area contributed by atoms with Crippen molar-refractivity contribution in [3.63, 3.8) is 0 Å². The average Bonchev–Trinajstić information content (AvgIpc) is 2.34. The number of nitrogens with two attached hydrogens (primary N) is 1. The predicted octanol–water partition coefficient (Wildman–Crippen LogP) is 2.47. The molecule has 1 aliphatic heterocycles. The van der Waals surface area contributed by atoms with Gasteiger partial charge < -0.3 is 16.0 Å². The normalized spacial score (nSPS) is 21.4. The predicted molar refractivity (Wildman–Crippen MR) is 74.4 cm³/mol. The Labute approximate surface area is 104 Å². The van der Waals surface area contributed by atoms with E-state index in [0.29, 0.717) is 6.04 Å². The Hall–Kier alpha value is -1.22. The van der Waals surface area contributed by atoms with E-state index < -0.39 is 0 Å². The fourth-order valence-corrected chi connectivity index (χ4v) is 2.48. The van der Waals surface area contributed by atoms with E-state index in [0.717, 1.165) is 24.5 Å². The molecule has 0 radical (unpaired) electrons. The minimum absolute atomic E-state index is 0.535. The fraction of sp³-hybridized carbons (Fsp3) is 0.571. The highest BCUT2D eigenvalue weighted by molar-refractivity contribution is 5.67. The minimum atomic E-state index is 0.535. The number of likely N-dealkylation sites (N-methyl/N-ethyl adjacent to an activating group) is 1. The molecule has 1 saturated heterocycles. The zero-order valence-electron chi connectivity index (χ0n) is 10.9. The van der Waals surface area contributed by atoms with Crippen LogP contribution >= 0.6 is 0 Å². The largest absolute Gasteiger partial charge is 0.397 e.